The van der Waals surface area contributed by atoms with E-state index in [-0.39, 0.29) is 10.4 Å². The number of nitrogens with one attached hydrogen (secondary N) is 2. The van der Waals surface area contributed by atoms with Crippen LogP contribution in [0, 0.1) is 10.1 Å². The highest BCUT2D eigenvalue weighted by Crippen LogP contribution is 2.40. The van der Waals surface area contributed by atoms with Crippen molar-refractivity contribution in [2.24, 2.45) is 5.84 Å². The number of hydrogen-bond donors (Lipinski definition) is 3. The van der Waals surface area contributed by atoms with Crippen molar-refractivity contribution in [2.45, 2.75) is 36.9 Å². The van der Waals surface area contributed by atoms with Crippen LogP contribution in [0.25, 0.3) is 0 Å². The summed E-state index contributed by atoms with van der Waals surface area (Å²) in [7, 11) is 0. The average molecular weight is 310 g/mol. The van der Waals surface area contributed by atoms with Gasteiger partial charge in [0.1, 0.15) is 11.4 Å². The van der Waals surface area contributed by atoms with Crippen LogP contribution in [0.2, 0.25) is 0 Å². The van der Waals surface area contributed by atoms with Crippen molar-refractivity contribution in [1.29, 1.82) is 0 Å². The van der Waals surface area contributed by atoms with Crippen molar-refractivity contribution in [3.05, 3.63) is 28.3 Å². The number of hydrazine groups is 1. The molecule has 0 heterocycles. The summed E-state index contributed by atoms with van der Waals surface area (Å²) in [6, 6.07) is 5.10. The third-order valence-corrected chi connectivity index (χ3v) is 5.59. The molecule has 7 heteroatoms. The molecule has 1 aromatic rings. The van der Waals surface area contributed by atoms with E-state index in [0.717, 1.165) is 19.4 Å². The molecule has 0 radical (unpaired) electrons. The van der Waals surface area contributed by atoms with Gasteiger partial charge < -0.3 is 10.7 Å². The van der Waals surface area contributed by atoms with Crippen LogP contribution in [0.15, 0.2) is 18.2 Å². The number of nitrogens with zero attached hydrogens (tertiary/aromatic N) is 1. The van der Waals surface area contributed by atoms with E-state index in [9.17, 15) is 10.1 Å². The van der Waals surface area contributed by atoms with Crippen LogP contribution >= 0.6 is 11.8 Å². The first-order valence-corrected chi connectivity index (χ1v) is 8.37. The summed E-state index contributed by atoms with van der Waals surface area (Å²) < 4.78 is 0.179. The second-order valence-corrected chi connectivity index (χ2v) is 6.68. The molecule has 21 heavy (non-hydrogen) atoms. The highest BCUT2D eigenvalue weighted by molar-refractivity contribution is 8.00. The van der Waals surface area contributed by atoms with Gasteiger partial charge in [-0.3, -0.25) is 16.0 Å². The maximum atomic E-state index is 11.3. The number of thioether (sulfide) groups is 1. The Morgan fingerprint density at radius 1 is 1.33 bits per heavy atom. The zero-order chi connectivity index (χ0) is 15.3. The Labute approximate surface area is 129 Å². The Kier molecular flexibility index (Phi) is 5.30. The topological polar surface area (TPSA) is 93.2 Å². The van der Waals surface area contributed by atoms with E-state index in [4.69, 9.17) is 5.84 Å². The minimum absolute atomic E-state index is 0.00654. The Morgan fingerprint density at radius 2 is 2.00 bits per heavy atom. The van der Waals surface area contributed by atoms with E-state index in [1.54, 1.807) is 18.2 Å². The number of nitrogen functional groups attached to an aromatic ring is 1. The van der Waals surface area contributed by atoms with Gasteiger partial charge in [0, 0.05) is 11.3 Å². The zero-order valence-electron chi connectivity index (χ0n) is 12.2. The Morgan fingerprint density at radius 3 is 2.57 bits per heavy atom. The van der Waals surface area contributed by atoms with Crippen molar-refractivity contribution >= 4 is 28.8 Å². The second-order valence-electron chi connectivity index (χ2n) is 5.40. The lowest BCUT2D eigenvalue weighted by Gasteiger charge is -2.36. The molecule has 0 aliphatic heterocycles. The third-order valence-electron chi connectivity index (χ3n) is 4.17. The first-order chi connectivity index (χ1) is 10.1. The number of nitrogens with two attached hydrogens (primary N) is 1. The van der Waals surface area contributed by atoms with Crippen LogP contribution in [0.1, 0.15) is 32.1 Å². The lowest BCUT2D eigenvalue weighted by atomic mass is 9.88. The summed E-state index contributed by atoms with van der Waals surface area (Å²) in [6.07, 6.45) is 8.19. The Bertz CT molecular complexity index is 504. The van der Waals surface area contributed by atoms with Gasteiger partial charge in [-0.2, -0.15) is 11.8 Å². The van der Waals surface area contributed by atoms with Crippen LogP contribution in [0.5, 0.6) is 0 Å². The number of anilines is 2. The molecule has 1 aliphatic rings. The maximum Gasteiger partial charge on any atom is 0.316 e. The summed E-state index contributed by atoms with van der Waals surface area (Å²) in [5.74, 6) is 5.36. The standard InChI is InChI=1S/C14H22N4O2S/c1-21-14(8-3-2-4-9-14)10-16-11-6-5-7-12(17-15)13(11)18(19)20/h5-7,16-17H,2-4,8-10,15H2,1H3. The average Bonchev–Trinajstić information content (AvgIpc) is 2.53. The molecule has 1 aliphatic carbocycles. The Hall–Kier alpha value is -1.47. The molecule has 1 saturated carbocycles. The minimum atomic E-state index is -0.399. The van der Waals surface area contributed by atoms with E-state index in [1.165, 1.54) is 19.3 Å². The number of nitro groups is 1. The lowest BCUT2D eigenvalue weighted by Crippen LogP contribution is -2.35. The predicted octanol–water partition coefficient (Wildman–Crippen LogP) is 3.36. The van der Waals surface area contributed by atoms with Crippen molar-refractivity contribution in [3.63, 3.8) is 0 Å². The smallest absolute Gasteiger partial charge is 0.316 e. The zero-order valence-corrected chi connectivity index (χ0v) is 13.0. The minimum Gasteiger partial charge on any atom is -0.378 e. The van der Waals surface area contributed by atoms with E-state index in [2.05, 4.69) is 17.0 Å². The maximum absolute atomic E-state index is 11.3. The fraction of sp³-hybridized carbons (Fsp3) is 0.571. The molecule has 0 saturated heterocycles. The summed E-state index contributed by atoms with van der Waals surface area (Å²) in [4.78, 5) is 10.9. The van der Waals surface area contributed by atoms with E-state index in [1.807, 2.05) is 11.8 Å². The van der Waals surface area contributed by atoms with E-state index < -0.39 is 4.92 Å². The molecule has 116 valence electrons. The van der Waals surface area contributed by atoms with Crippen LogP contribution in [-0.4, -0.2) is 22.5 Å². The molecule has 0 amide bonds. The normalized spacial score (nSPS) is 17.2. The highest BCUT2D eigenvalue weighted by Gasteiger charge is 2.31. The molecule has 1 aromatic carbocycles. The molecule has 1 fully saturated rings. The molecule has 0 spiro atoms. The van der Waals surface area contributed by atoms with Crippen molar-refractivity contribution in [3.8, 4) is 0 Å². The number of hydrogen-bond acceptors (Lipinski definition) is 6. The first-order valence-electron chi connectivity index (χ1n) is 7.15. The van der Waals surface area contributed by atoms with Gasteiger partial charge in [0.15, 0.2) is 0 Å². The summed E-state index contributed by atoms with van der Waals surface area (Å²) in [6.45, 7) is 0.739. The van der Waals surface area contributed by atoms with Crippen LogP contribution in [0.4, 0.5) is 17.1 Å². The molecular weight excluding hydrogens is 288 g/mol. The van der Waals surface area contributed by atoms with E-state index >= 15 is 0 Å². The van der Waals surface area contributed by atoms with Gasteiger partial charge in [-0.05, 0) is 31.2 Å². The summed E-state index contributed by atoms with van der Waals surface area (Å²) in [5, 5.41) is 14.5. The van der Waals surface area contributed by atoms with Crippen LogP contribution in [0.3, 0.4) is 0 Å². The van der Waals surface area contributed by atoms with E-state index in [0.29, 0.717) is 11.4 Å². The number of rotatable bonds is 6. The summed E-state index contributed by atoms with van der Waals surface area (Å²) in [5.41, 5.74) is 3.25. The molecule has 2 rings (SSSR count). The SMILES string of the molecule is CSC1(CNc2cccc(NN)c2[N+](=O)[O-])CCCCC1. The van der Waals surface area contributed by atoms with Gasteiger partial charge in [-0.1, -0.05) is 25.3 Å². The predicted molar refractivity (Wildman–Crippen MR) is 88.7 cm³/mol. The van der Waals surface area contributed by atoms with Gasteiger partial charge in [0.05, 0.1) is 4.92 Å². The van der Waals surface area contributed by atoms with Gasteiger partial charge >= 0.3 is 5.69 Å². The number of nitro benzene ring substituents is 1. The monoisotopic (exact) mass is 310 g/mol. The second kappa shape index (κ2) is 7.00. The van der Waals surface area contributed by atoms with Gasteiger partial charge in [-0.15, -0.1) is 0 Å². The third kappa shape index (κ3) is 3.59. The first kappa shape index (κ1) is 15.9. The Balaban J connectivity index is 2.17. The largest absolute Gasteiger partial charge is 0.378 e. The highest BCUT2D eigenvalue weighted by atomic mass is 32.2. The molecule has 4 N–H and O–H groups in total. The van der Waals surface area contributed by atoms with Crippen LogP contribution in [-0.2, 0) is 0 Å². The summed E-state index contributed by atoms with van der Waals surface area (Å²) >= 11 is 1.86. The molecular formula is C14H22N4O2S. The quantitative estimate of drug-likeness (QED) is 0.424. The van der Waals surface area contributed by atoms with Crippen LogP contribution < -0.4 is 16.6 Å². The fourth-order valence-corrected chi connectivity index (χ4v) is 3.82. The molecule has 0 atom stereocenters. The van der Waals surface area contributed by atoms with Crippen molar-refractivity contribution < 1.29 is 4.92 Å². The molecule has 0 bridgehead atoms. The van der Waals surface area contributed by atoms with Gasteiger partial charge in [0.25, 0.3) is 0 Å². The fourth-order valence-electron chi connectivity index (χ4n) is 2.90. The molecule has 6 nitrogen and oxygen atoms in total. The lowest BCUT2D eigenvalue weighted by molar-refractivity contribution is -0.383. The molecule has 0 aromatic heterocycles. The van der Waals surface area contributed by atoms with Gasteiger partial charge in [0.2, 0.25) is 0 Å². The number of para-hydroxylation sites is 1. The van der Waals surface area contributed by atoms with Crippen molar-refractivity contribution in [1.82, 2.24) is 0 Å². The molecule has 0 unspecified atom stereocenters. The van der Waals surface area contributed by atoms with Crippen molar-refractivity contribution in [2.75, 3.05) is 23.5 Å². The van der Waals surface area contributed by atoms with Gasteiger partial charge in [-0.25, -0.2) is 0 Å². The number of benzene rings is 1.